The lowest BCUT2D eigenvalue weighted by molar-refractivity contribution is 0.212. The van der Waals surface area contributed by atoms with Crippen molar-refractivity contribution in [3.8, 4) is 0 Å². The predicted octanol–water partition coefficient (Wildman–Crippen LogP) is 1.72. The fourth-order valence-electron chi connectivity index (χ4n) is 2.16. The standard InChI is InChI=1S/C11H24N2/c1-11(2,3)9-13(4)8-10-6-5-7-12-10/h10,12H,5-9H2,1-4H3/t10-/m0/s1. The molecule has 0 aromatic heterocycles. The van der Waals surface area contributed by atoms with Crippen LogP contribution in [-0.4, -0.2) is 37.6 Å². The minimum absolute atomic E-state index is 0.424. The molecule has 1 heterocycles. The summed E-state index contributed by atoms with van der Waals surface area (Å²) in [5.41, 5.74) is 0.424. The Morgan fingerprint density at radius 1 is 1.38 bits per heavy atom. The van der Waals surface area contributed by atoms with Gasteiger partial charge in [-0.3, -0.25) is 0 Å². The normalized spacial score (nSPS) is 24.2. The van der Waals surface area contributed by atoms with Crippen molar-refractivity contribution in [1.82, 2.24) is 10.2 Å². The van der Waals surface area contributed by atoms with Crippen LogP contribution in [0.1, 0.15) is 33.6 Å². The maximum atomic E-state index is 3.53. The van der Waals surface area contributed by atoms with Crippen molar-refractivity contribution in [2.45, 2.75) is 39.7 Å². The Morgan fingerprint density at radius 3 is 2.54 bits per heavy atom. The van der Waals surface area contributed by atoms with Crippen molar-refractivity contribution >= 4 is 0 Å². The van der Waals surface area contributed by atoms with Crippen LogP contribution in [0, 0.1) is 5.41 Å². The van der Waals surface area contributed by atoms with Gasteiger partial charge in [-0.15, -0.1) is 0 Å². The van der Waals surface area contributed by atoms with Crippen LogP contribution in [-0.2, 0) is 0 Å². The second-order valence-electron chi connectivity index (χ2n) is 5.55. The van der Waals surface area contributed by atoms with E-state index in [1.807, 2.05) is 0 Å². The summed E-state index contributed by atoms with van der Waals surface area (Å²) >= 11 is 0. The molecule has 2 nitrogen and oxygen atoms in total. The van der Waals surface area contributed by atoms with Crippen LogP contribution in [0.25, 0.3) is 0 Å². The number of rotatable bonds is 3. The third kappa shape index (κ3) is 4.63. The first-order valence-corrected chi connectivity index (χ1v) is 5.39. The summed E-state index contributed by atoms with van der Waals surface area (Å²) in [5, 5.41) is 3.53. The maximum absolute atomic E-state index is 3.53. The molecule has 1 atom stereocenters. The highest BCUT2D eigenvalue weighted by Crippen LogP contribution is 2.15. The molecule has 1 N–H and O–H groups in total. The molecule has 1 saturated heterocycles. The van der Waals surface area contributed by atoms with Crippen molar-refractivity contribution in [2.75, 3.05) is 26.7 Å². The average molecular weight is 184 g/mol. The Bertz CT molecular complexity index is 143. The minimum Gasteiger partial charge on any atom is -0.313 e. The topological polar surface area (TPSA) is 15.3 Å². The van der Waals surface area contributed by atoms with E-state index >= 15 is 0 Å². The van der Waals surface area contributed by atoms with Crippen molar-refractivity contribution in [3.05, 3.63) is 0 Å². The summed E-state index contributed by atoms with van der Waals surface area (Å²) in [6.45, 7) is 10.5. The van der Waals surface area contributed by atoms with E-state index < -0.39 is 0 Å². The summed E-state index contributed by atoms with van der Waals surface area (Å²) < 4.78 is 0. The zero-order valence-corrected chi connectivity index (χ0v) is 9.56. The number of likely N-dealkylation sites (N-methyl/N-ethyl adjacent to an activating group) is 1. The van der Waals surface area contributed by atoms with Gasteiger partial charge in [0.1, 0.15) is 0 Å². The number of nitrogens with one attached hydrogen (secondary N) is 1. The third-order valence-corrected chi connectivity index (χ3v) is 2.44. The quantitative estimate of drug-likeness (QED) is 0.718. The van der Waals surface area contributed by atoms with E-state index in [0.717, 1.165) is 6.04 Å². The molecule has 1 rings (SSSR count). The second-order valence-corrected chi connectivity index (χ2v) is 5.55. The van der Waals surface area contributed by atoms with E-state index in [9.17, 15) is 0 Å². The van der Waals surface area contributed by atoms with Gasteiger partial charge in [0.25, 0.3) is 0 Å². The summed E-state index contributed by atoms with van der Waals surface area (Å²) in [7, 11) is 2.23. The molecule has 0 aromatic carbocycles. The van der Waals surface area contributed by atoms with Crippen LogP contribution in [0.5, 0.6) is 0 Å². The molecule has 1 aliphatic rings. The molecular formula is C11H24N2. The Morgan fingerprint density at radius 2 is 2.08 bits per heavy atom. The first kappa shape index (κ1) is 11.0. The van der Waals surface area contributed by atoms with Crippen LogP contribution in [0.4, 0.5) is 0 Å². The van der Waals surface area contributed by atoms with Gasteiger partial charge in [0.15, 0.2) is 0 Å². The molecule has 0 amide bonds. The van der Waals surface area contributed by atoms with Gasteiger partial charge in [-0.05, 0) is 31.8 Å². The average Bonchev–Trinajstić information content (AvgIpc) is 2.34. The Kier molecular flexibility index (Phi) is 3.74. The summed E-state index contributed by atoms with van der Waals surface area (Å²) in [6.07, 6.45) is 2.71. The summed E-state index contributed by atoms with van der Waals surface area (Å²) in [5.74, 6) is 0. The van der Waals surface area contributed by atoms with Gasteiger partial charge in [0.05, 0.1) is 0 Å². The molecular weight excluding hydrogens is 160 g/mol. The predicted molar refractivity (Wildman–Crippen MR) is 58.0 cm³/mol. The van der Waals surface area contributed by atoms with Gasteiger partial charge >= 0.3 is 0 Å². The molecule has 0 bridgehead atoms. The highest BCUT2D eigenvalue weighted by Gasteiger charge is 2.19. The molecule has 0 aliphatic carbocycles. The van der Waals surface area contributed by atoms with Crippen LogP contribution in [0.15, 0.2) is 0 Å². The number of nitrogens with zero attached hydrogens (tertiary/aromatic N) is 1. The fraction of sp³-hybridized carbons (Fsp3) is 1.00. The zero-order chi connectivity index (χ0) is 9.90. The van der Waals surface area contributed by atoms with E-state index in [-0.39, 0.29) is 0 Å². The second kappa shape index (κ2) is 4.43. The minimum atomic E-state index is 0.424. The molecule has 0 radical (unpaired) electrons. The molecule has 0 spiro atoms. The SMILES string of the molecule is CN(C[C@@H]1CCCN1)CC(C)(C)C. The first-order valence-electron chi connectivity index (χ1n) is 5.39. The largest absolute Gasteiger partial charge is 0.313 e. The zero-order valence-electron chi connectivity index (χ0n) is 9.56. The molecule has 78 valence electrons. The molecule has 1 aliphatic heterocycles. The monoisotopic (exact) mass is 184 g/mol. The molecule has 0 unspecified atom stereocenters. The lowest BCUT2D eigenvalue weighted by Gasteiger charge is -2.28. The highest BCUT2D eigenvalue weighted by molar-refractivity contribution is 4.78. The van der Waals surface area contributed by atoms with Gasteiger partial charge < -0.3 is 10.2 Å². The van der Waals surface area contributed by atoms with E-state index in [4.69, 9.17) is 0 Å². The molecule has 2 heteroatoms. The Hall–Kier alpha value is -0.0800. The van der Waals surface area contributed by atoms with Crippen molar-refractivity contribution in [1.29, 1.82) is 0 Å². The smallest absolute Gasteiger partial charge is 0.0195 e. The number of hydrogen-bond acceptors (Lipinski definition) is 2. The van der Waals surface area contributed by atoms with Gasteiger partial charge in [-0.2, -0.15) is 0 Å². The van der Waals surface area contributed by atoms with Crippen LogP contribution in [0.3, 0.4) is 0 Å². The van der Waals surface area contributed by atoms with E-state index in [2.05, 4.69) is 38.0 Å². The highest BCUT2D eigenvalue weighted by atomic mass is 15.1. The first-order chi connectivity index (χ1) is 5.97. The van der Waals surface area contributed by atoms with Gasteiger partial charge in [-0.1, -0.05) is 20.8 Å². The van der Waals surface area contributed by atoms with Crippen LogP contribution in [0.2, 0.25) is 0 Å². The molecule has 0 saturated carbocycles. The summed E-state index contributed by atoms with van der Waals surface area (Å²) in [6, 6.07) is 0.743. The van der Waals surface area contributed by atoms with Gasteiger partial charge in [-0.25, -0.2) is 0 Å². The lowest BCUT2D eigenvalue weighted by atomic mass is 9.96. The van der Waals surface area contributed by atoms with Crippen molar-refractivity contribution in [3.63, 3.8) is 0 Å². The van der Waals surface area contributed by atoms with Crippen LogP contribution < -0.4 is 5.32 Å². The molecule has 0 aromatic rings. The third-order valence-electron chi connectivity index (χ3n) is 2.44. The van der Waals surface area contributed by atoms with E-state index in [0.29, 0.717) is 5.41 Å². The molecule has 1 fully saturated rings. The number of hydrogen-bond donors (Lipinski definition) is 1. The van der Waals surface area contributed by atoms with Gasteiger partial charge in [0.2, 0.25) is 0 Å². The maximum Gasteiger partial charge on any atom is 0.0195 e. The Labute approximate surface area is 82.7 Å². The van der Waals surface area contributed by atoms with Crippen molar-refractivity contribution in [2.24, 2.45) is 5.41 Å². The molecule has 13 heavy (non-hydrogen) atoms. The fourth-order valence-corrected chi connectivity index (χ4v) is 2.16. The Balaban J connectivity index is 2.20. The van der Waals surface area contributed by atoms with Gasteiger partial charge in [0, 0.05) is 19.1 Å². The van der Waals surface area contributed by atoms with E-state index in [1.165, 1.54) is 32.5 Å². The van der Waals surface area contributed by atoms with Crippen molar-refractivity contribution < 1.29 is 0 Å². The van der Waals surface area contributed by atoms with E-state index in [1.54, 1.807) is 0 Å². The summed E-state index contributed by atoms with van der Waals surface area (Å²) in [4.78, 5) is 2.45. The lowest BCUT2D eigenvalue weighted by Crippen LogP contribution is -2.39. The van der Waals surface area contributed by atoms with Crippen LogP contribution >= 0.6 is 0 Å².